The van der Waals surface area contributed by atoms with E-state index in [1.54, 1.807) is 29.2 Å². The molecule has 1 saturated heterocycles. The fourth-order valence-corrected chi connectivity index (χ4v) is 3.95. The zero-order valence-electron chi connectivity index (χ0n) is 15.9. The Morgan fingerprint density at radius 3 is 2.59 bits per heavy atom. The highest BCUT2D eigenvalue weighted by molar-refractivity contribution is 8.26. The van der Waals surface area contributed by atoms with Gasteiger partial charge in [0.2, 0.25) is 0 Å². The largest absolute Gasteiger partial charge is 0.493 e. The second-order valence-corrected chi connectivity index (χ2v) is 8.02. The molecule has 2 aromatic carbocycles. The molecule has 1 N–H and O–H groups in total. The van der Waals surface area contributed by atoms with Gasteiger partial charge in [0, 0.05) is 0 Å². The summed E-state index contributed by atoms with van der Waals surface area (Å²) >= 11 is 6.64. The number of aryl methyl sites for hydroxylation is 1. The molecular formula is C21H19NO5S2. The molecule has 29 heavy (non-hydrogen) atoms. The van der Waals surface area contributed by atoms with Crippen molar-refractivity contribution in [3.05, 3.63) is 64.1 Å². The lowest BCUT2D eigenvalue weighted by Gasteiger charge is -2.14. The lowest BCUT2D eigenvalue weighted by atomic mass is 10.1. The van der Waals surface area contributed by atoms with Gasteiger partial charge in [-0.2, -0.15) is 0 Å². The quantitative estimate of drug-likeness (QED) is 0.529. The number of thioether (sulfide) groups is 1. The molecule has 0 spiro atoms. The zero-order valence-corrected chi connectivity index (χ0v) is 17.5. The minimum Gasteiger partial charge on any atom is -0.493 e. The van der Waals surface area contributed by atoms with Gasteiger partial charge in [-0.3, -0.25) is 9.69 Å². The number of aliphatic carboxylic acids is 1. The smallest absolute Gasteiger partial charge is 0.341 e. The van der Waals surface area contributed by atoms with Crippen LogP contribution in [-0.4, -0.2) is 39.9 Å². The van der Waals surface area contributed by atoms with E-state index in [4.69, 9.17) is 26.8 Å². The minimum absolute atomic E-state index is 0.147. The van der Waals surface area contributed by atoms with Crippen molar-refractivity contribution >= 4 is 46.3 Å². The number of methoxy groups -OCH3 is 1. The molecule has 1 aliphatic rings. The van der Waals surface area contributed by atoms with Crippen LogP contribution in [0.1, 0.15) is 16.7 Å². The summed E-state index contributed by atoms with van der Waals surface area (Å²) in [6, 6.07) is 13.0. The summed E-state index contributed by atoms with van der Waals surface area (Å²) in [5.41, 5.74) is 2.89. The Morgan fingerprint density at radius 2 is 1.93 bits per heavy atom. The minimum atomic E-state index is -1.08. The number of nitrogens with zero attached hydrogens (tertiary/aromatic N) is 1. The number of hydrogen-bond donors (Lipinski definition) is 1. The Hall–Kier alpha value is -2.84. The molecule has 6 nitrogen and oxygen atoms in total. The molecule has 0 aromatic heterocycles. The van der Waals surface area contributed by atoms with Gasteiger partial charge in [-0.1, -0.05) is 59.9 Å². The van der Waals surface area contributed by atoms with Gasteiger partial charge in [0.05, 0.1) is 18.6 Å². The molecule has 1 fully saturated rings. The second kappa shape index (κ2) is 9.11. The van der Waals surface area contributed by atoms with E-state index in [-0.39, 0.29) is 5.91 Å². The normalized spacial score (nSPS) is 15.1. The van der Waals surface area contributed by atoms with Crippen LogP contribution in [0.2, 0.25) is 0 Å². The molecule has 150 valence electrons. The number of amides is 1. The SMILES string of the molecule is COc1cc(C=C2SC(=S)N(Cc3ccc(C)cc3)C2=O)ccc1OCC(=O)O. The van der Waals surface area contributed by atoms with E-state index in [1.807, 2.05) is 31.2 Å². The molecule has 1 aliphatic heterocycles. The van der Waals surface area contributed by atoms with Crippen LogP contribution >= 0.6 is 24.0 Å². The fourth-order valence-electron chi connectivity index (χ4n) is 2.70. The van der Waals surface area contributed by atoms with Crippen molar-refractivity contribution in [2.75, 3.05) is 13.7 Å². The van der Waals surface area contributed by atoms with Crippen LogP contribution in [0, 0.1) is 6.92 Å². The molecule has 1 amide bonds. The van der Waals surface area contributed by atoms with Crippen molar-refractivity contribution in [3.63, 3.8) is 0 Å². The molecule has 0 saturated carbocycles. The number of benzene rings is 2. The van der Waals surface area contributed by atoms with Crippen molar-refractivity contribution in [2.45, 2.75) is 13.5 Å². The lowest BCUT2D eigenvalue weighted by molar-refractivity contribution is -0.139. The highest BCUT2D eigenvalue weighted by Gasteiger charge is 2.32. The first-order chi connectivity index (χ1) is 13.9. The van der Waals surface area contributed by atoms with E-state index in [1.165, 1.54) is 18.9 Å². The van der Waals surface area contributed by atoms with E-state index < -0.39 is 12.6 Å². The Bertz CT molecular complexity index is 985. The number of thiocarbonyl (C=S) groups is 1. The fraction of sp³-hybridized carbons (Fsp3) is 0.190. The number of carboxylic acids is 1. The number of rotatable bonds is 7. The van der Waals surface area contributed by atoms with Crippen molar-refractivity contribution in [1.82, 2.24) is 4.90 Å². The average Bonchev–Trinajstić information content (AvgIpc) is 2.95. The third-order valence-corrected chi connectivity index (χ3v) is 5.55. The maximum atomic E-state index is 12.8. The maximum Gasteiger partial charge on any atom is 0.341 e. The molecule has 1 heterocycles. The van der Waals surface area contributed by atoms with Gasteiger partial charge in [-0.25, -0.2) is 4.79 Å². The van der Waals surface area contributed by atoms with E-state index in [9.17, 15) is 9.59 Å². The van der Waals surface area contributed by atoms with Gasteiger partial charge < -0.3 is 14.6 Å². The average molecular weight is 430 g/mol. The summed E-state index contributed by atoms with van der Waals surface area (Å²) in [6.07, 6.45) is 1.73. The summed E-state index contributed by atoms with van der Waals surface area (Å²) in [6.45, 7) is 1.97. The molecule has 2 aromatic rings. The van der Waals surface area contributed by atoms with Crippen LogP contribution in [0.5, 0.6) is 11.5 Å². The topological polar surface area (TPSA) is 76.1 Å². The molecule has 0 atom stereocenters. The second-order valence-electron chi connectivity index (χ2n) is 6.35. The molecule has 3 rings (SSSR count). The third kappa shape index (κ3) is 5.16. The Balaban J connectivity index is 1.78. The Kier molecular flexibility index (Phi) is 6.56. The van der Waals surface area contributed by atoms with Crippen LogP contribution in [0.3, 0.4) is 0 Å². The van der Waals surface area contributed by atoms with Crippen molar-refractivity contribution in [1.29, 1.82) is 0 Å². The predicted molar refractivity (Wildman–Crippen MR) is 116 cm³/mol. The van der Waals surface area contributed by atoms with Crippen LogP contribution in [0.25, 0.3) is 6.08 Å². The van der Waals surface area contributed by atoms with Crippen molar-refractivity contribution in [3.8, 4) is 11.5 Å². The number of carboxylic acid groups (broad SMARTS) is 1. The van der Waals surface area contributed by atoms with Gasteiger partial charge >= 0.3 is 5.97 Å². The summed E-state index contributed by atoms with van der Waals surface area (Å²) in [5.74, 6) is -0.520. The van der Waals surface area contributed by atoms with Gasteiger partial charge in [0.15, 0.2) is 18.1 Å². The van der Waals surface area contributed by atoms with E-state index in [0.29, 0.717) is 27.3 Å². The van der Waals surface area contributed by atoms with E-state index in [0.717, 1.165) is 16.7 Å². The maximum absolute atomic E-state index is 12.8. The molecule has 0 radical (unpaired) electrons. The van der Waals surface area contributed by atoms with E-state index in [2.05, 4.69) is 0 Å². The highest BCUT2D eigenvalue weighted by Crippen LogP contribution is 2.35. The van der Waals surface area contributed by atoms with Crippen LogP contribution in [0.15, 0.2) is 47.4 Å². The molecule has 0 bridgehead atoms. The van der Waals surface area contributed by atoms with Crippen LogP contribution < -0.4 is 9.47 Å². The third-order valence-electron chi connectivity index (χ3n) is 4.17. The predicted octanol–water partition coefficient (Wildman–Crippen LogP) is 3.87. The molecular weight excluding hydrogens is 410 g/mol. The van der Waals surface area contributed by atoms with Crippen molar-refractivity contribution in [2.24, 2.45) is 0 Å². The number of ether oxygens (including phenoxy) is 2. The molecule has 0 aliphatic carbocycles. The zero-order chi connectivity index (χ0) is 21.0. The number of carbonyl (C=O) groups is 2. The first kappa shape index (κ1) is 20.9. The number of hydrogen-bond acceptors (Lipinski definition) is 6. The Labute approximate surface area is 178 Å². The van der Waals surface area contributed by atoms with E-state index >= 15 is 0 Å². The van der Waals surface area contributed by atoms with Crippen LogP contribution in [0.4, 0.5) is 0 Å². The van der Waals surface area contributed by atoms with Crippen molar-refractivity contribution < 1.29 is 24.2 Å². The van der Waals surface area contributed by atoms with Gasteiger partial charge in [-0.15, -0.1) is 0 Å². The molecule has 0 unspecified atom stereocenters. The molecule has 8 heteroatoms. The highest BCUT2D eigenvalue weighted by atomic mass is 32.2. The Morgan fingerprint density at radius 1 is 1.21 bits per heavy atom. The number of carbonyl (C=O) groups excluding carboxylic acids is 1. The van der Waals surface area contributed by atoms with Gasteiger partial charge in [-0.05, 0) is 36.3 Å². The summed E-state index contributed by atoms with van der Waals surface area (Å²) in [4.78, 5) is 25.6. The van der Waals surface area contributed by atoms with Gasteiger partial charge in [0.1, 0.15) is 4.32 Å². The summed E-state index contributed by atoms with van der Waals surface area (Å²) < 4.78 is 11.0. The summed E-state index contributed by atoms with van der Waals surface area (Å²) in [7, 11) is 1.47. The monoisotopic (exact) mass is 429 g/mol. The summed E-state index contributed by atoms with van der Waals surface area (Å²) in [5, 5.41) is 8.75. The van der Waals surface area contributed by atoms with Crippen LogP contribution in [-0.2, 0) is 16.1 Å². The van der Waals surface area contributed by atoms with Gasteiger partial charge in [0.25, 0.3) is 5.91 Å². The standard InChI is InChI=1S/C21H19NO5S2/c1-13-3-5-14(6-4-13)11-22-20(25)18(29-21(22)28)10-15-7-8-16(17(9-15)26-2)27-12-19(23)24/h3-10H,11-12H2,1-2H3,(H,23,24). The lowest BCUT2D eigenvalue weighted by Crippen LogP contribution is -2.27. The first-order valence-electron chi connectivity index (χ1n) is 8.71. The first-order valence-corrected chi connectivity index (χ1v) is 9.93.